The van der Waals surface area contributed by atoms with Crippen molar-refractivity contribution < 1.29 is 18.8 Å². The lowest BCUT2D eigenvalue weighted by Crippen LogP contribution is -2.44. The molecule has 25 heavy (non-hydrogen) atoms. The van der Waals surface area contributed by atoms with E-state index in [2.05, 4.69) is 15.5 Å². The second kappa shape index (κ2) is 6.33. The van der Waals surface area contributed by atoms with Crippen LogP contribution in [0.4, 0.5) is 0 Å². The molecule has 0 aliphatic carbocycles. The Bertz CT molecular complexity index is 895. The predicted octanol–water partition coefficient (Wildman–Crippen LogP) is 2.93. The van der Waals surface area contributed by atoms with Crippen LogP contribution in [0, 0.1) is 12.8 Å². The van der Waals surface area contributed by atoms with Crippen LogP contribution < -0.4 is 5.32 Å². The molecule has 0 aromatic carbocycles. The second-order valence-corrected chi connectivity index (χ2v) is 6.68. The molecule has 3 aromatic heterocycles. The zero-order chi connectivity index (χ0) is 18.2. The first kappa shape index (κ1) is 17.2. The maximum atomic E-state index is 12.7. The van der Waals surface area contributed by atoms with Gasteiger partial charge in [0.15, 0.2) is 5.76 Å². The topological polar surface area (TPSA) is 101 Å². The molecule has 1 amide bonds. The van der Waals surface area contributed by atoms with E-state index in [0.717, 1.165) is 0 Å². The van der Waals surface area contributed by atoms with E-state index in [1.165, 1.54) is 6.26 Å². The van der Waals surface area contributed by atoms with Crippen LogP contribution in [0.15, 0.2) is 33.4 Å². The Labute approximate surface area is 145 Å². The fraction of sp³-hybridized carbons (Fsp3) is 0.389. The number of aryl methyl sites for hydroxylation is 1. The summed E-state index contributed by atoms with van der Waals surface area (Å²) in [4.78, 5) is 17.1. The molecule has 2 N–H and O–H groups in total. The number of carbonyl (C=O) groups is 1. The van der Waals surface area contributed by atoms with E-state index in [4.69, 9.17) is 8.94 Å². The standard InChI is InChI=1S/C18H21N3O4/c1-10(2)18(4,23)9-19-16(22)12-8-13(14-6-5-7-24-14)20-17-15(12)11(3)21-25-17/h5-8,10,23H,9H2,1-4H3,(H,19,22). The molecule has 0 saturated heterocycles. The van der Waals surface area contributed by atoms with E-state index in [1.54, 1.807) is 32.0 Å². The highest BCUT2D eigenvalue weighted by atomic mass is 16.5. The average molecular weight is 343 g/mol. The Morgan fingerprint density at radius 2 is 2.20 bits per heavy atom. The van der Waals surface area contributed by atoms with Crippen LogP contribution in [0.3, 0.4) is 0 Å². The molecule has 7 nitrogen and oxygen atoms in total. The van der Waals surface area contributed by atoms with Crippen molar-refractivity contribution in [3.05, 3.63) is 35.7 Å². The van der Waals surface area contributed by atoms with Gasteiger partial charge in [-0.3, -0.25) is 4.79 Å². The van der Waals surface area contributed by atoms with Gasteiger partial charge in [-0.25, -0.2) is 4.98 Å². The minimum Gasteiger partial charge on any atom is -0.463 e. The maximum absolute atomic E-state index is 12.7. The third-order valence-electron chi connectivity index (χ3n) is 4.49. The van der Waals surface area contributed by atoms with Gasteiger partial charge in [-0.1, -0.05) is 19.0 Å². The van der Waals surface area contributed by atoms with Gasteiger partial charge in [-0.2, -0.15) is 0 Å². The van der Waals surface area contributed by atoms with Crippen molar-refractivity contribution in [2.75, 3.05) is 6.54 Å². The lowest BCUT2D eigenvalue weighted by atomic mass is 9.92. The van der Waals surface area contributed by atoms with Gasteiger partial charge in [0.05, 0.1) is 28.5 Å². The summed E-state index contributed by atoms with van der Waals surface area (Å²) in [6.45, 7) is 7.37. The number of aromatic nitrogens is 2. The number of pyridine rings is 1. The predicted molar refractivity (Wildman–Crippen MR) is 92.0 cm³/mol. The van der Waals surface area contributed by atoms with Crippen molar-refractivity contribution in [2.45, 2.75) is 33.3 Å². The van der Waals surface area contributed by atoms with E-state index in [1.807, 2.05) is 13.8 Å². The number of amides is 1. The first-order valence-electron chi connectivity index (χ1n) is 8.11. The number of aliphatic hydroxyl groups is 1. The molecule has 0 aliphatic heterocycles. The largest absolute Gasteiger partial charge is 0.463 e. The first-order valence-corrected chi connectivity index (χ1v) is 8.11. The highest BCUT2D eigenvalue weighted by Crippen LogP contribution is 2.27. The minimum absolute atomic E-state index is 0.00117. The number of fused-ring (bicyclic) bond motifs is 1. The highest BCUT2D eigenvalue weighted by molar-refractivity contribution is 6.06. The monoisotopic (exact) mass is 343 g/mol. The lowest BCUT2D eigenvalue weighted by molar-refractivity contribution is 0.0142. The maximum Gasteiger partial charge on any atom is 0.259 e. The molecular weight excluding hydrogens is 322 g/mol. The molecule has 3 rings (SSSR count). The molecule has 0 bridgehead atoms. The number of hydrogen-bond donors (Lipinski definition) is 2. The van der Waals surface area contributed by atoms with Gasteiger partial charge in [0, 0.05) is 6.54 Å². The molecule has 0 radical (unpaired) electrons. The third kappa shape index (κ3) is 3.28. The molecule has 3 aromatic rings. The Morgan fingerprint density at radius 3 is 2.84 bits per heavy atom. The van der Waals surface area contributed by atoms with Gasteiger partial charge < -0.3 is 19.4 Å². The van der Waals surface area contributed by atoms with E-state index in [-0.39, 0.29) is 24.1 Å². The molecule has 132 valence electrons. The summed E-state index contributed by atoms with van der Waals surface area (Å²) >= 11 is 0. The number of carbonyl (C=O) groups excluding carboxylic acids is 1. The summed E-state index contributed by atoms with van der Waals surface area (Å²) in [6.07, 6.45) is 1.53. The Morgan fingerprint density at radius 1 is 1.44 bits per heavy atom. The van der Waals surface area contributed by atoms with Crippen LogP contribution in [0.5, 0.6) is 0 Å². The minimum atomic E-state index is -1.00. The smallest absolute Gasteiger partial charge is 0.259 e. The number of rotatable bonds is 5. The first-order chi connectivity index (χ1) is 11.8. The summed E-state index contributed by atoms with van der Waals surface area (Å²) in [5, 5.41) is 17.6. The molecule has 1 atom stereocenters. The zero-order valence-corrected chi connectivity index (χ0v) is 14.7. The summed E-state index contributed by atoms with van der Waals surface area (Å²) in [5.41, 5.74) is 0.709. The van der Waals surface area contributed by atoms with E-state index < -0.39 is 5.60 Å². The summed E-state index contributed by atoms with van der Waals surface area (Å²) < 4.78 is 10.6. The third-order valence-corrected chi connectivity index (χ3v) is 4.49. The Hall–Kier alpha value is -2.67. The summed E-state index contributed by atoms with van der Waals surface area (Å²) in [5.74, 6) is 0.202. The molecule has 3 heterocycles. The van der Waals surface area contributed by atoms with Crippen molar-refractivity contribution in [3.63, 3.8) is 0 Å². The lowest BCUT2D eigenvalue weighted by Gasteiger charge is -2.27. The number of nitrogens with one attached hydrogen (secondary N) is 1. The normalized spacial score (nSPS) is 14.0. The molecule has 0 saturated carbocycles. The molecule has 0 fully saturated rings. The van der Waals surface area contributed by atoms with Gasteiger partial charge in [-0.15, -0.1) is 0 Å². The SMILES string of the molecule is Cc1noc2nc(-c3ccco3)cc(C(=O)NCC(C)(O)C(C)C)c12. The highest BCUT2D eigenvalue weighted by Gasteiger charge is 2.27. The fourth-order valence-electron chi connectivity index (χ4n) is 2.38. The van der Waals surface area contributed by atoms with Crippen LogP contribution in [-0.4, -0.2) is 33.3 Å². The van der Waals surface area contributed by atoms with Crippen molar-refractivity contribution >= 4 is 17.0 Å². The van der Waals surface area contributed by atoms with Crippen LogP contribution in [0.25, 0.3) is 22.6 Å². The van der Waals surface area contributed by atoms with Crippen LogP contribution >= 0.6 is 0 Å². The molecule has 0 spiro atoms. The van der Waals surface area contributed by atoms with E-state index in [0.29, 0.717) is 28.1 Å². The number of furan rings is 1. The summed E-state index contributed by atoms with van der Waals surface area (Å²) in [7, 11) is 0. The van der Waals surface area contributed by atoms with Crippen LogP contribution in [0.1, 0.15) is 36.8 Å². The van der Waals surface area contributed by atoms with Gasteiger partial charge in [-0.05, 0) is 38.0 Å². The van der Waals surface area contributed by atoms with Crippen molar-refractivity contribution in [1.82, 2.24) is 15.5 Å². The average Bonchev–Trinajstić information content (AvgIpc) is 3.22. The molecular formula is C18H21N3O4. The zero-order valence-electron chi connectivity index (χ0n) is 14.7. The summed E-state index contributed by atoms with van der Waals surface area (Å²) in [6, 6.07) is 5.14. The van der Waals surface area contributed by atoms with Crippen molar-refractivity contribution in [2.24, 2.45) is 5.92 Å². The van der Waals surface area contributed by atoms with E-state index in [9.17, 15) is 9.90 Å². The molecule has 0 aliphatic rings. The Balaban J connectivity index is 1.99. The van der Waals surface area contributed by atoms with E-state index >= 15 is 0 Å². The van der Waals surface area contributed by atoms with Gasteiger partial charge in [0.2, 0.25) is 0 Å². The van der Waals surface area contributed by atoms with Crippen molar-refractivity contribution in [3.8, 4) is 11.5 Å². The van der Waals surface area contributed by atoms with Gasteiger partial charge >= 0.3 is 0 Å². The van der Waals surface area contributed by atoms with Crippen LogP contribution in [-0.2, 0) is 0 Å². The molecule has 7 heteroatoms. The second-order valence-electron chi connectivity index (χ2n) is 6.68. The van der Waals surface area contributed by atoms with Gasteiger partial charge in [0.25, 0.3) is 11.6 Å². The molecule has 1 unspecified atom stereocenters. The Kier molecular flexibility index (Phi) is 4.34. The fourth-order valence-corrected chi connectivity index (χ4v) is 2.38. The number of hydrogen-bond acceptors (Lipinski definition) is 6. The quantitative estimate of drug-likeness (QED) is 0.738. The van der Waals surface area contributed by atoms with Crippen molar-refractivity contribution in [1.29, 1.82) is 0 Å². The van der Waals surface area contributed by atoms with Crippen LogP contribution in [0.2, 0.25) is 0 Å². The number of nitrogens with zero attached hydrogens (tertiary/aromatic N) is 2. The van der Waals surface area contributed by atoms with Gasteiger partial charge in [0.1, 0.15) is 5.69 Å².